The molecule has 0 saturated heterocycles. The van der Waals surface area contributed by atoms with Gasteiger partial charge in [-0.05, 0) is 30.3 Å². The Balaban J connectivity index is 1.99. The van der Waals surface area contributed by atoms with Crippen molar-refractivity contribution in [1.29, 1.82) is 0 Å². The van der Waals surface area contributed by atoms with Crippen molar-refractivity contribution in [2.75, 3.05) is 6.61 Å². The van der Waals surface area contributed by atoms with Gasteiger partial charge in [-0.3, -0.25) is 9.78 Å². The van der Waals surface area contributed by atoms with E-state index in [1.807, 2.05) is 24.3 Å². The van der Waals surface area contributed by atoms with E-state index in [0.29, 0.717) is 18.5 Å². The van der Waals surface area contributed by atoms with Crippen LogP contribution in [-0.2, 0) is 6.54 Å². The van der Waals surface area contributed by atoms with Crippen molar-refractivity contribution in [2.24, 2.45) is 0 Å². The third-order valence-corrected chi connectivity index (χ3v) is 2.75. The number of amides is 1. The summed E-state index contributed by atoms with van der Waals surface area (Å²) >= 11 is 0. The number of aliphatic hydroxyl groups is 1. The summed E-state index contributed by atoms with van der Waals surface area (Å²) in [5.41, 5.74) is 2.13. The molecule has 1 aromatic heterocycles. The smallest absolute Gasteiger partial charge is 0.251 e. The van der Waals surface area contributed by atoms with Crippen LogP contribution in [0.2, 0.25) is 0 Å². The Morgan fingerprint density at radius 1 is 1.24 bits per heavy atom. The summed E-state index contributed by atoms with van der Waals surface area (Å²) in [6.45, 7) is 0.428. The van der Waals surface area contributed by atoms with E-state index in [2.05, 4.69) is 22.1 Å². The molecule has 0 aliphatic heterocycles. The van der Waals surface area contributed by atoms with Gasteiger partial charge in [0.1, 0.15) is 0 Å². The minimum absolute atomic E-state index is 0.0389. The molecule has 0 aliphatic rings. The zero-order valence-corrected chi connectivity index (χ0v) is 11.5. The SMILES string of the molecule is O=C(NCc1ccccn1)c1cccc(C#CCCO)c1. The summed E-state index contributed by atoms with van der Waals surface area (Å²) in [5.74, 6) is 5.59. The van der Waals surface area contributed by atoms with E-state index in [9.17, 15) is 4.79 Å². The number of nitrogens with zero attached hydrogens (tertiary/aromatic N) is 1. The molecule has 0 spiro atoms. The first-order valence-electron chi connectivity index (χ1n) is 6.67. The highest BCUT2D eigenvalue weighted by Gasteiger charge is 2.05. The molecule has 2 N–H and O–H groups in total. The lowest BCUT2D eigenvalue weighted by Crippen LogP contribution is -2.23. The first-order valence-corrected chi connectivity index (χ1v) is 6.67. The Labute approximate surface area is 123 Å². The van der Waals surface area contributed by atoms with Crippen LogP contribution in [0.15, 0.2) is 48.7 Å². The van der Waals surface area contributed by atoms with Gasteiger partial charge in [-0.2, -0.15) is 0 Å². The van der Waals surface area contributed by atoms with Crippen LogP contribution in [0.3, 0.4) is 0 Å². The fraction of sp³-hybridized carbons (Fsp3) is 0.176. The summed E-state index contributed by atoms with van der Waals surface area (Å²) in [5, 5.41) is 11.5. The topological polar surface area (TPSA) is 62.2 Å². The van der Waals surface area contributed by atoms with Crippen molar-refractivity contribution in [2.45, 2.75) is 13.0 Å². The van der Waals surface area contributed by atoms with Gasteiger partial charge < -0.3 is 10.4 Å². The van der Waals surface area contributed by atoms with Crippen molar-refractivity contribution in [1.82, 2.24) is 10.3 Å². The molecular weight excluding hydrogens is 264 g/mol. The van der Waals surface area contributed by atoms with Crippen LogP contribution in [0.4, 0.5) is 0 Å². The van der Waals surface area contributed by atoms with Gasteiger partial charge >= 0.3 is 0 Å². The van der Waals surface area contributed by atoms with Crippen molar-refractivity contribution < 1.29 is 9.90 Å². The normalized spacial score (nSPS) is 9.57. The molecule has 2 aromatic rings. The number of aliphatic hydroxyl groups excluding tert-OH is 1. The lowest BCUT2D eigenvalue weighted by atomic mass is 10.1. The van der Waals surface area contributed by atoms with Gasteiger partial charge in [0.05, 0.1) is 18.8 Å². The van der Waals surface area contributed by atoms with E-state index in [-0.39, 0.29) is 12.5 Å². The largest absolute Gasteiger partial charge is 0.395 e. The van der Waals surface area contributed by atoms with Gasteiger partial charge in [-0.15, -0.1) is 0 Å². The molecule has 106 valence electrons. The lowest BCUT2D eigenvalue weighted by molar-refractivity contribution is 0.0950. The predicted molar refractivity (Wildman–Crippen MR) is 80.4 cm³/mol. The maximum absolute atomic E-state index is 12.1. The Bertz CT molecular complexity index is 657. The molecule has 21 heavy (non-hydrogen) atoms. The fourth-order valence-electron chi connectivity index (χ4n) is 1.73. The number of aromatic nitrogens is 1. The molecule has 0 radical (unpaired) electrons. The van der Waals surface area contributed by atoms with Crippen LogP contribution < -0.4 is 5.32 Å². The minimum Gasteiger partial charge on any atom is -0.395 e. The molecule has 0 aliphatic carbocycles. The van der Waals surface area contributed by atoms with E-state index in [1.165, 1.54) is 0 Å². The van der Waals surface area contributed by atoms with Crippen LogP contribution in [0.25, 0.3) is 0 Å². The van der Waals surface area contributed by atoms with Crippen LogP contribution in [0, 0.1) is 11.8 Å². The maximum atomic E-state index is 12.1. The second-order valence-corrected chi connectivity index (χ2v) is 4.36. The van der Waals surface area contributed by atoms with Gasteiger partial charge in [0.25, 0.3) is 5.91 Å². The van der Waals surface area contributed by atoms with Gasteiger partial charge in [0.15, 0.2) is 0 Å². The van der Waals surface area contributed by atoms with E-state index in [0.717, 1.165) is 11.3 Å². The molecule has 1 amide bonds. The molecule has 4 nitrogen and oxygen atoms in total. The summed E-state index contributed by atoms with van der Waals surface area (Å²) in [7, 11) is 0. The van der Waals surface area contributed by atoms with Crippen LogP contribution in [0.1, 0.15) is 28.0 Å². The Morgan fingerprint density at radius 2 is 2.14 bits per heavy atom. The Kier molecular flexibility index (Phi) is 5.50. The van der Waals surface area contributed by atoms with E-state index in [4.69, 9.17) is 5.11 Å². The minimum atomic E-state index is -0.161. The summed E-state index contributed by atoms with van der Waals surface area (Å²) < 4.78 is 0. The monoisotopic (exact) mass is 280 g/mol. The number of rotatable bonds is 4. The zero-order valence-electron chi connectivity index (χ0n) is 11.5. The van der Waals surface area contributed by atoms with E-state index >= 15 is 0 Å². The molecule has 1 aromatic carbocycles. The molecule has 0 bridgehead atoms. The first kappa shape index (κ1) is 14.8. The van der Waals surface area contributed by atoms with Crippen LogP contribution in [0.5, 0.6) is 0 Å². The van der Waals surface area contributed by atoms with Crippen molar-refractivity contribution >= 4 is 5.91 Å². The standard InChI is InChI=1S/C17H16N2O2/c20-11-4-2-6-14-7-5-8-15(12-14)17(21)19-13-16-9-1-3-10-18-16/h1,3,5,7-10,12,20H,4,11,13H2,(H,19,21). The fourth-order valence-corrected chi connectivity index (χ4v) is 1.73. The Hall–Kier alpha value is -2.64. The number of carbonyl (C=O) groups is 1. The maximum Gasteiger partial charge on any atom is 0.251 e. The quantitative estimate of drug-likeness (QED) is 0.839. The third kappa shape index (κ3) is 4.75. The first-order chi connectivity index (χ1) is 10.3. The van der Waals surface area contributed by atoms with Gasteiger partial charge in [0, 0.05) is 23.7 Å². The van der Waals surface area contributed by atoms with Crippen molar-refractivity contribution in [3.8, 4) is 11.8 Å². The third-order valence-electron chi connectivity index (χ3n) is 2.75. The highest BCUT2D eigenvalue weighted by molar-refractivity contribution is 5.94. The van der Waals surface area contributed by atoms with E-state index in [1.54, 1.807) is 24.4 Å². The number of nitrogens with one attached hydrogen (secondary N) is 1. The number of carbonyl (C=O) groups excluding carboxylic acids is 1. The van der Waals surface area contributed by atoms with Crippen LogP contribution in [-0.4, -0.2) is 22.6 Å². The number of hydrogen-bond donors (Lipinski definition) is 2. The molecule has 0 atom stereocenters. The molecule has 0 saturated carbocycles. The number of benzene rings is 1. The molecule has 1 heterocycles. The van der Waals surface area contributed by atoms with Crippen LogP contribution >= 0.6 is 0 Å². The average Bonchev–Trinajstić information content (AvgIpc) is 2.54. The van der Waals surface area contributed by atoms with E-state index < -0.39 is 0 Å². The Morgan fingerprint density at radius 3 is 2.90 bits per heavy atom. The molecule has 4 heteroatoms. The number of hydrogen-bond acceptors (Lipinski definition) is 3. The van der Waals surface area contributed by atoms with Gasteiger partial charge in [0.2, 0.25) is 0 Å². The van der Waals surface area contributed by atoms with Gasteiger partial charge in [-0.25, -0.2) is 0 Å². The summed E-state index contributed by atoms with van der Waals surface area (Å²) in [4.78, 5) is 16.2. The summed E-state index contributed by atoms with van der Waals surface area (Å²) in [6.07, 6.45) is 2.12. The van der Waals surface area contributed by atoms with Gasteiger partial charge in [-0.1, -0.05) is 24.0 Å². The highest BCUT2D eigenvalue weighted by Crippen LogP contribution is 2.05. The zero-order chi connectivity index (χ0) is 14.9. The predicted octanol–water partition coefficient (Wildman–Crippen LogP) is 1.75. The second kappa shape index (κ2) is 7.83. The highest BCUT2D eigenvalue weighted by atomic mass is 16.2. The molecule has 0 fully saturated rings. The molecular formula is C17H16N2O2. The molecule has 2 rings (SSSR count). The lowest BCUT2D eigenvalue weighted by Gasteiger charge is -2.05. The number of pyridine rings is 1. The second-order valence-electron chi connectivity index (χ2n) is 4.36. The molecule has 0 unspecified atom stereocenters. The van der Waals surface area contributed by atoms with Crippen molar-refractivity contribution in [3.63, 3.8) is 0 Å². The summed E-state index contributed by atoms with van der Waals surface area (Å²) in [6, 6.07) is 12.7. The average molecular weight is 280 g/mol. The van der Waals surface area contributed by atoms with Crippen molar-refractivity contribution in [3.05, 3.63) is 65.5 Å².